The van der Waals surface area contributed by atoms with Crippen LogP contribution in [-0.2, 0) is 0 Å². The molecule has 96 valence electrons. The van der Waals surface area contributed by atoms with Crippen molar-refractivity contribution in [3.8, 4) is 0 Å². The number of alkyl halides is 2. The molecule has 1 fully saturated rings. The van der Waals surface area contributed by atoms with Crippen LogP contribution in [0.3, 0.4) is 0 Å². The quantitative estimate of drug-likeness (QED) is 0.714. The van der Waals surface area contributed by atoms with Gasteiger partial charge < -0.3 is 4.90 Å². The maximum atomic E-state index is 12.7. The number of hydrogen-bond donors (Lipinski definition) is 0. The summed E-state index contributed by atoms with van der Waals surface area (Å²) in [6.07, 6.45) is 2.27. The standard InChI is InChI=1S/C13H25F2N/c1-11(2)12(3)5-8-16(9-6-12)10-7-13(4,14)15/h11H,5-10H2,1-4H3. The fourth-order valence-corrected chi connectivity index (χ4v) is 2.22. The van der Waals surface area contributed by atoms with E-state index >= 15 is 0 Å². The molecular weight excluding hydrogens is 208 g/mol. The van der Waals surface area contributed by atoms with Gasteiger partial charge in [0.25, 0.3) is 0 Å². The Morgan fingerprint density at radius 3 is 2.12 bits per heavy atom. The van der Waals surface area contributed by atoms with Crippen LogP contribution in [-0.4, -0.2) is 30.5 Å². The minimum atomic E-state index is -2.52. The fourth-order valence-electron chi connectivity index (χ4n) is 2.22. The summed E-state index contributed by atoms with van der Waals surface area (Å²) < 4.78 is 25.5. The average molecular weight is 233 g/mol. The van der Waals surface area contributed by atoms with Gasteiger partial charge in [0.15, 0.2) is 0 Å². The molecule has 0 amide bonds. The van der Waals surface area contributed by atoms with Crippen LogP contribution in [0.1, 0.15) is 47.0 Å². The summed E-state index contributed by atoms with van der Waals surface area (Å²) in [5.41, 5.74) is 0.408. The van der Waals surface area contributed by atoms with Gasteiger partial charge >= 0.3 is 0 Å². The largest absolute Gasteiger partial charge is 0.303 e. The van der Waals surface area contributed by atoms with Crippen molar-refractivity contribution in [1.29, 1.82) is 0 Å². The van der Waals surface area contributed by atoms with Crippen molar-refractivity contribution in [2.45, 2.75) is 52.9 Å². The van der Waals surface area contributed by atoms with Gasteiger partial charge in [-0.25, -0.2) is 8.78 Å². The van der Waals surface area contributed by atoms with E-state index in [-0.39, 0.29) is 6.42 Å². The Kier molecular flexibility index (Phi) is 4.33. The van der Waals surface area contributed by atoms with Gasteiger partial charge in [0.1, 0.15) is 0 Å². The molecule has 0 aliphatic carbocycles. The lowest BCUT2D eigenvalue weighted by atomic mass is 9.72. The van der Waals surface area contributed by atoms with Gasteiger partial charge in [-0.3, -0.25) is 0 Å². The highest BCUT2D eigenvalue weighted by Crippen LogP contribution is 2.38. The predicted octanol–water partition coefficient (Wildman–Crippen LogP) is 3.79. The van der Waals surface area contributed by atoms with Gasteiger partial charge in [-0.15, -0.1) is 0 Å². The number of rotatable bonds is 4. The zero-order valence-corrected chi connectivity index (χ0v) is 11.0. The van der Waals surface area contributed by atoms with E-state index in [1.165, 1.54) is 0 Å². The van der Waals surface area contributed by atoms with Gasteiger partial charge in [-0.05, 0) is 44.2 Å². The Hall–Kier alpha value is -0.180. The summed E-state index contributed by atoms with van der Waals surface area (Å²) in [6, 6.07) is 0. The van der Waals surface area contributed by atoms with E-state index < -0.39 is 5.92 Å². The van der Waals surface area contributed by atoms with Gasteiger partial charge in [0.2, 0.25) is 5.92 Å². The molecule has 1 saturated heterocycles. The minimum absolute atomic E-state index is 0.00854. The minimum Gasteiger partial charge on any atom is -0.303 e. The fraction of sp³-hybridized carbons (Fsp3) is 1.00. The van der Waals surface area contributed by atoms with E-state index in [4.69, 9.17) is 0 Å². The van der Waals surface area contributed by atoms with Crippen LogP contribution in [0.25, 0.3) is 0 Å². The molecule has 0 saturated carbocycles. The van der Waals surface area contributed by atoms with E-state index in [1.807, 2.05) is 0 Å². The molecule has 0 spiro atoms. The second-order valence-electron chi connectivity index (χ2n) is 5.97. The smallest absolute Gasteiger partial charge is 0.246 e. The Bertz CT molecular complexity index is 212. The van der Waals surface area contributed by atoms with Crippen LogP contribution in [0.2, 0.25) is 0 Å². The van der Waals surface area contributed by atoms with E-state index in [0.29, 0.717) is 17.9 Å². The molecule has 0 unspecified atom stereocenters. The summed E-state index contributed by atoms with van der Waals surface area (Å²) in [5, 5.41) is 0. The summed E-state index contributed by atoms with van der Waals surface area (Å²) in [4.78, 5) is 2.18. The molecule has 0 radical (unpaired) electrons. The average Bonchev–Trinajstić information content (AvgIpc) is 2.15. The van der Waals surface area contributed by atoms with Crippen molar-refractivity contribution in [1.82, 2.24) is 4.90 Å². The third-order valence-corrected chi connectivity index (χ3v) is 4.26. The highest BCUT2D eigenvalue weighted by Gasteiger charge is 2.33. The number of likely N-dealkylation sites (tertiary alicyclic amines) is 1. The number of halogens is 2. The first-order chi connectivity index (χ1) is 7.23. The zero-order chi connectivity index (χ0) is 12.4. The maximum Gasteiger partial charge on any atom is 0.246 e. The first kappa shape index (κ1) is 13.9. The van der Waals surface area contributed by atoms with Crippen molar-refractivity contribution in [2.24, 2.45) is 11.3 Å². The van der Waals surface area contributed by atoms with Gasteiger partial charge in [0.05, 0.1) is 0 Å². The molecule has 1 aliphatic rings. The topological polar surface area (TPSA) is 3.24 Å². The van der Waals surface area contributed by atoms with E-state index in [0.717, 1.165) is 32.9 Å². The lowest BCUT2D eigenvalue weighted by Gasteiger charge is -2.42. The molecule has 0 aromatic rings. The molecule has 16 heavy (non-hydrogen) atoms. The van der Waals surface area contributed by atoms with Gasteiger partial charge in [-0.1, -0.05) is 20.8 Å². The predicted molar refractivity (Wildman–Crippen MR) is 63.9 cm³/mol. The third kappa shape index (κ3) is 4.00. The van der Waals surface area contributed by atoms with E-state index in [2.05, 4.69) is 25.7 Å². The van der Waals surface area contributed by atoms with Crippen LogP contribution < -0.4 is 0 Å². The highest BCUT2D eigenvalue weighted by atomic mass is 19.3. The summed E-state index contributed by atoms with van der Waals surface area (Å²) in [7, 11) is 0. The third-order valence-electron chi connectivity index (χ3n) is 4.26. The van der Waals surface area contributed by atoms with E-state index in [9.17, 15) is 8.78 Å². The maximum absolute atomic E-state index is 12.7. The Labute approximate surface area is 98.2 Å². The summed E-state index contributed by atoms with van der Waals surface area (Å²) in [6.45, 7) is 10.3. The molecule has 0 N–H and O–H groups in total. The van der Waals surface area contributed by atoms with Crippen molar-refractivity contribution in [3.63, 3.8) is 0 Å². The SMILES string of the molecule is CC(C)C1(C)CCN(CCC(C)(F)F)CC1. The molecule has 0 aromatic carbocycles. The second kappa shape index (κ2) is 4.99. The van der Waals surface area contributed by atoms with Crippen molar-refractivity contribution in [2.75, 3.05) is 19.6 Å². The monoisotopic (exact) mass is 233 g/mol. The summed E-state index contributed by atoms with van der Waals surface area (Å²) in [5.74, 6) is -1.83. The normalized spacial score (nSPS) is 22.7. The van der Waals surface area contributed by atoms with Crippen LogP contribution in [0.15, 0.2) is 0 Å². The molecule has 3 heteroatoms. The Morgan fingerprint density at radius 1 is 1.25 bits per heavy atom. The van der Waals surface area contributed by atoms with E-state index in [1.54, 1.807) is 0 Å². The van der Waals surface area contributed by atoms with Crippen LogP contribution in [0.5, 0.6) is 0 Å². The first-order valence-electron chi connectivity index (χ1n) is 6.33. The van der Waals surface area contributed by atoms with Crippen molar-refractivity contribution >= 4 is 0 Å². The lowest BCUT2D eigenvalue weighted by molar-refractivity contribution is -0.00569. The van der Waals surface area contributed by atoms with Crippen molar-refractivity contribution < 1.29 is 8.78 Å². The molecule has 1 rings (SSSR count). The van der Waals surface area contributed by atoms with Gasteiger partial charge in [0, 0.05) is 13.0 Å². The van der Waals surface area contributed by atoms with Gasteiger partial charge in [-0.2, -0.15) is 0 Å². The highest BCUT2D eigenvalue weighted by molar-refractivity contribution is 4.84. The Balaban J connectivity index is 2.33. The number of nitrogens with zero attached hydrogens (tertiary/aromatic N) is 1. The van der Waals surface area contributed by atoms with Crippen molar-refractivity contribution in [3.05, 3.63) is 0 Å². The first-order valence-corrected chi connectivity index (χ1v) is 6.33. The second-order valence-corrected chi connectivity index (χ2v) is 5.97. The zero-order valence-electron chi connectivity index (χ0n) is 11.0. The van der Waals surface area contributed by atoms with Crippen LogP contribution in [0, 0.1) is 11.3 Å². The number of hydrogen-bond acceptors (Lipinski definition) is 1. The molecule has 0 bridgehead atoms. The Morgan fingerprint density at radius 2 is 1.75 bits per heavy atom. The molecule has 0 aromatic heterocycles. The van der Waals surface area contributed by atoms with Crippen LogP contribution >= 0.6 is 0 Å². The van der Waals surface area contributed by atoms with Crippen LogP contribution in [0.4, 0.5) is 8.78 Å². The number of piperidine rings is 1. The molecule has 1 nitrogen and oxygen atoms in total. The molecular formula is C13H25F2N. The molecule has 1 heterocycles. The molecule has 0 atom stereocenters. The lowest BCUT2D eigenvalue weighted by Crippen LogP contribution is -2.42. The molecule has 1 aliphatic heterocycles. The summed E-state index contributed by atoms with van der Waals surface area (Å²) >= 11 is 0.